The van der Waals surface area contributed by atoms with E-state index in [1.807, 2.05) is 48.5 Å². The van der Waals surface area contributed by atoms with Gasteiger partial charge in [-0.25, -0.2) is 0 Å². The zero-order valence-electron chi connectivity index (χ0n) is 23.0. The minimum Gasteiger partial charge on any atom is -0.482 e. The lowest BCUT2D eigenvalue weighted by atomic mass is 9.99. The zero-order chi connectivity index (χ0) is 29.1. The fraction of sp³-hybridized carbons (Fsp3) is 0.323. The Kier molecular flexibility index (Phi) is 8.82. The third-order valence-electron chi connectivity index (χ3n) is 7.46. The van der Waals surface area contributed by atoms with Crippen LogP contribution in [0.3, 0.4) is 0 Å². The molecule has 0 aromatic heterocycles. The number of hydrogen-bond acceptors (Lipinski definition) is 5. The average Bonchev–Trinajstić information content (AvgIpc) is 3.47. The smallest absolute Gasteiger partial charge is 0.265 e. The molecule has 2 heterocycles. The standard InChI is InChI=1S/C31H32Cl2N4O4/c1-19(37-28-15-25(32)26(33)16-29(28)41-18-30(37)39)31(40)35-27(17-36-13-3-4-14-36)23-7-5-21(6-8-23)22-9-11-24(12-10-22)34-20(2)38/h5-12,15-16,19,27H,3-4,13-14,17-18H2,1-2H3,(H,34,38)(H,35,40). The van der Waals surface area contributed by atoms with E-state index in [-0.39, 0.29) is 35.4 Å². The first-order chi connectivity index (χ1) is 19.7. The Morgan fingerprint density at radius 2 is 1.56 bits per heavy atom. The number of amides is 3. The first-order valence-corrected chi connectivity index (χ1v) is 14.4. The van der Waals surface area contributed by atoms with Crippen LogP contribution in [0.4, 0.5) is 11.4 Å². The van der Waals surface area contributed by atoms with Gasteiger partial charge in [0, 0.05) is 25.2 Å². The number of ether oxygens (including phenoxy) is 1. The van der Waals surface area contributed by atoms with Gasteiger partial charge >= 0.3 is 0 Å². The Bertz CT molecular complexity index is 1440. The van der Waals surface area contributed by atoms with Gasteiger partial charge in [-0.2, -0.15) is 0 Å². The van der Waals surface area contributed by atoms with E-state index in [0.717, 1.165) is 48.3 Å². The van der Waals surface area contributed by atoms with Gasteiger partial charge in [0.25, 0.3) is 5.91 Å². The summed E-state index contributed by atoms with van der Waals surface area (Å²) in [5, 5.41) is 6.57. The molecule has 2 aliphatic heterocycles. The second-order valence-corrected chi connectivity index (χ2v) is 11.2. The summed E-state index contributed by atoms with van der Waals surface area (Å²) in [6.45, 7) is 5.62. The van der Waals surface area contributed by atoms with E-state index >= 15 is 0 Å². The number of nitrogens with zero attached hydrogens (tertiary/aromatic N) is 2. The maximum atomic E-state index is 13.7. The molecule has 3 amide bonds. The van der Waals surface area contributed by atoms with Gasteiger partial charge in [-0.05, 0) is 67.7 Å². The Hall–Kier alpha value is -3.59. The molecular formula is C31H32Cl2N4O4. The molecule has 0 saturated carbocycles. The number of nitrogens with one attached hydrogen (secondary N) is 2. The first-order valence-electron chi connectivity index (χ1n) is 13.6. The highest BCUT2D eigenvalue weighted by atomic mass is 35.5. The number of halogens is 2. The molecule has 1 saturated heterocycles. The third kappa shape index (κ3) is 6.67. The van der Waals surface area contributed by atoms with Gasteiger partial charge in [-0.3, -0.25) is 19.3 Å². The van der Waals surface area contributed by atoms with Crippen LogP contribution in [0.5, 0.6) is 5.75 Å². The van der Waals surface area contributed by atoms with Crippen LogP contribution in [0.2, 0.25) is 10.0 Å². The predicted octanol–water partition coefficient (Wildman–Crippen LogP) is 5.69. The fourth-order valence-electron chi connectivity index (χ4n) is 5.31. The van der Waals surface area contributed by atoms with Crippen LogP contribution < -0.4 is 20.3 Å². The van der Waals surface area contributed by atoms with Crippen molar-refractivity contribution >= 4 is 52.3 Å². The van der Waals surface area contributed by atoms with Crippen molar-refractivity contribution in [1.82, 2.24) is 10.2 Å². The second-order valence-electron chi connectivity index (χ2n) is 10.4. The molecule has 0 aliphatic carbocycles. The van der Waals surface area contributed by atoms with E-state index in [4.69, 9.17) is 27.9 Å². The number of benzene rings is 3. The molecular weight excluding hydrogens is 563 g/mol. The number of anilines is 2. The van der Waals surface area contributed by atoms with Crippen LogP contribution in [0.1, 0.15) is 38.3 Å². The Morgan fingerprint density at radius 3 is 2.20 bits per heavy atom. The fourth-order valence-corrected chi connectivity index (χ4v) is 5.63. The number of carbonyl (C=O) groups is 3. The highest BCUT2D eigenvalue weighted by Crippen LogP contribution is 2.39. The van der Waals surface area contributed by atoms with Crippen LogP contribution in [0, 0.1) is 0 Å². The SMILES string of the molecule is CC(=O)Nc1ccc(-c2ccc(C(CN3CCCC3)NC(=O)C(C)N3C(=O)COc4cc(Cl)c(Cl)cc43)cc2)cc1. The van der Waals surface area contributed by atoms with Crippen molar-refractivity contribution in [2.75, 3.05) is 36.5 Å². The van der Waals surface area contributed by atoms with Crippen LogP contribution in [-0.4, -0.2) is 54.9 Å². The zero-order valence-corrected chi connectivity index (χ0v) is 24.5. The van der Waals surface area contributed by atoms with Gasteiger partial charge in [0.2, 0.25) is 11.8 Å². The summed E-state index contributed by atoms with van der Waals surface area (Å²) >= 11 is 12.4. The molecule has 2 atom stereocenters. The maximum Gasteiger partial charge on any atom is 0.265 e. The van der Waals surface area contributed by atoms with Crippen molar-refractivity contribution < 1.29 is 19.1 Å². The molecule has 5 rings (SSSR count). The van der Waals surface area contributed by atoms with Crippen molar-refractivity contribution in [3.63, 3.8) is 0 Å². The van der Waals surface area contributed by atoms with E-state index in [1.165, 1.54) is 11.8 Å². The predicted molar refractivity (Wildman–Crippen MR) is 162 cm³/mol. The summed E-state index contributed by atoms with van der Waals surface area (Å²) in [7, 11) is 0. The quantitative estimate of drug-likeness (QED) is 0.350. The van der Waals surface area contributed by atoms with Gasteiger partial charge < -0.3 is 20.3 Å². The molecule has 0 radical (unpaired) electrons. The maximum absolute atomic E-state index is 13.7. The largest absolute Gasteiger partial charge is 0.482 e. The van der Waals surface area contributed by atoms with Crippen molar-refractivity contribution in [3.8, 4) is 16.9 Å². The first kappa shape index (κ1) is 28.9. The molecule has 3 aromatic carbocycles. The monoisotopic (exact) mass is 594 g/mol. The Balaban J connectivity index is 1.36. The number of hydrogen-bond donors (Lipinski definition) is 2. The van der Waals surface area contributed by atoms with E-state index < -0.39 is 6.04 Å². The molecule has 3 aromatic rings. The third-order valence-corrected chi connectivity index (χ3v) is 8.18. The van der Waals surface area contributed by atoms with Crippen molar-refractivity contribution in [1.29, 1.82) is 0 Å². The summed E-state index contributed by atoms with van der Waals surface area (Å²) in [6, 6.07) is 17.8. The molecule has 10 heteroatoms. The molecule has 2 aliphatic rings. The lowest BCUT2D eigenvalue weighted by Crippen LogP contribution is -2.52. The average molecular weight is 596 g/mol. The minimum absolute atomic E-state index is 0.113. The topological polar surface area (TPSA) is 91.0 Å². The van der Waals surface area contributed by atoms with Gasteiger partial charge in [0.05, 0.1) is 21.8 Å². The molecule has 41 heavy (non-hydrogen) atoms. The summed E-state index contributed by atoms with van der Waals surface area (Å²) in [4.78, 5) is 41.6. The van der Waals surface area contributed by atoms with E-state index in [9.17, 15) is 14.4 Å². The molecule has 2 unspecified atom stereocenters. The van der Waals surface area contributed by atoms with Gasteiger partial charge in [-0.15, -0.1) is 0 Å². The summed E-state index contributed by atoms with van der Waals surface area (Å²) in [6.07, 6.45) is 2.26. The van der Waals surface area contributed by atoms with Gasteiger partial charge in [0.15, 0.2) is 6.61 Å². The van der Waals surface area contributed by atoms with Gasteiger partial charge in [-0.1, -0.05) is 59.6 Å². The van der Waals surface area contributed by atoms with E-state index in [1.54, 1.807) is 19.1 Å². The molecule has 1 fully saturated rings. The van der Waals surface area contributed by atoms with E-state index in [0.29, 0.717) is 23.0 Å². The summed E-state index contributed by atoms with van der Waals surface area (Å²) < 4.78 is 5.55. The number of fused-ring (bicyclic) bond motifs is 1. The highest BCUT2D eigenvalue weighted by Gasteiger charge is 2.35. The highest BCUT2D eigenvalue weighted by molar-refractivity contribution is 6.42. The van der Waals surface area contributed by atoms with Crippen molar-refractivity contribution in [2.24, 2.45) is 0 Å². The summed E-state index contributed by atoms with van der Waals surface area (Å²) in [5.41, 5.74) is 4.17. The number of rotatable bonds is 8. The van der Waals surface area contributed by atoms with Crippen molar-refractivity contribution in [2.45, 2.75) is 38.8 Å². The molecule has 8 nitrogen and oxygen atoms in total. The van der Waals surface area contributed by atoms with Crippen LogP contribution >= 0.6 is 23.2 Å². The van der Waals surface area contributed by atoms with Crippen LogP contribution in [0.15, 0.2) is 60.7 Å². The second kappa shape index (κ2) is 12.5. The van der Waals surface area contributed by atoms with E-state index in [2.05, 4.69) is 15.5 Å². The molecule has 214 valence electrons. The number of likely N-dealkylation sites (tertiary alicyclic amines) is 1. The lowest BCUT2D eigenvalue weighted by Gasteiger charge is -2.34. The molecule has 0 spiro atoms. The Morgan fingerprint density at radius 1 is 0.951 bits per heavy atom. The summed E-state index contributed by atoms with van der Waals surface area (Å²) in [5.74, 6) is -0.312. The van der Waals surface area contributed by atoms with Crippen LogP contribution in [-0.2, 0) is 14.4 Å². The van der Waals surface area contributed by atoms with Crippen molar-refractivity contribution in [3.05, 3.63) is 76.3 Å². The van der Waals surface area contributed by atoms with Gasteiger partial charge in [0.1, 0.15) is 11.8 Å². The molecule has 0 bridgehead atoms. The molecule has 2 N–H and O–H groups in total. The Labute approximate surface area is 249 Å². The number of carbonyl (C=O) groups excluding carboxylic acids is 3. The lowest BCUT2D eigenvalue weighted by molar-refractivity contribution is -0.128. The minimum atomic E-state index is -0.801. The van der Waals surface area contributed by atoms with Crippen LogP contribution in [0.25, 0.3) is 11.1 Å². The normalized spacial score (nSPS) is 16.5.